The van der Waals surface area contributed by atoms with Crippen molar-refractivity contribution in [2.75, 3.05) is 0 Å². The van der Waals surface area contributed by atoms with E-state index < -0.39 is 25.8 Å². The van der Waals surface area contributed by atoms with E-state index in [1.807, 2.05) is 3.28 Å². The summed E-state index contributed by atoms with van der Waals surface area (Å²) in [4.78, 5) is 0. The Bertz CT molecular complexity index is 1640. The van der Waals surface area contributed by atoms with Crippen molar-refractivity contribution >= 4 is 5.43 Å². The summed E-state index contributed by atoms with van der Waals surface area (Å²) in [6, 6.07) is 0. The molecule has 0 radical (unpaired) electrons. The summed E-state index contributed by atoms with van der Waals surface area (Å²) in [7, 11) is 0. The third-order valence-electron chi connectivity index (χ3n) is 18.3. The average molecular weight is 807 g/mol. The minimum absolute atomic E-state index is 0. The maximum Gasteiger partial charge on any atom is -1.00 e. The maximum absolute atomic E-state index is 2.94. The third-order valence-corrected chi connectivity index (χ3v) is 42.7. The van der Waals surface area contributed by atoms with Gasteiger partial charge in [0, 0.05) is 0 Å². The molecular formula is C46H64Cl2SiZr. The molecule has 8 aliphatic rings. The van der Waals surface area contributed by atoms with E-state index in [-0.39, 0.29) is 62.7 Å². The first-order chi connectivity index (χ1) is 22.9. The van der Waals surface area contributed by atoms with Gasteiger partial charge in [-0.05, 0) is 0 Å². The molecule has 4 saturated carbocycles. The van der Waals surface area contributed by atoms with E-state index in [1.165, 1.54) is 44.9 Å². The van der Waals surface area contributed by atoms with Crippen LogP contribution >= 0.6 is 0 Å². The molecule has 0 nitrogen and oxygen atoms in total. The molecule has 4 heteroatoms. The second-order valence-electron chi connectivity index (χ2n) is 18.9. The van der Waals surface area contributed by atoms with Gasteiger partial charge in [0.05, 0.1) is 0 Å². The van der Waals surface area contributed by atoms with Gasteiger partial charge in [-0.15, -0.1) is 0 Å². The van der Waals surface area contributed by atoms with Crippen LogP contribution in [0.15, 0.2) is 93.9 Å². The Morgan fingerprint density at radius 3 is 1.62 bits per heavy atom. The topological polar surface area (TPSA) is 0 Å². The molecule has 0 aromatic rings. The van der Waals surface area contributed by atoms with Crippen LogP contribution in [0.2, 0.25) is 14.7 Å². The summed E-state index contributed by atoms with van der Waals surface area (Å²) >= 11 is -2.41. The van der Waals surface area contributed by atoms with Crippen molar-refractivity contribution in [2.45, 2.75) is 141 Å². The van der Waals surface area contributed by atoms with Crippen molar-refractivity contribution in [3.63, 3.8) is 0 Å². The summed E-state index contributed by atoms with van der Waals surface area (Å²) in [6.45, 7) is 22.1. The average Bonchev–Trinajstić information content (AvgIpc) is 3.68. The van der Waals surface area contributed by atoms with E-state index >= 15 is 0 Å². The van der Waals surface area contributed by atoms with Crippen LogP contribution in [-0.2, 0) is 20.4 Å². The van der Waals surface area contributed by atoms with Gasteiger partial charge in [0.2, 0.25) is 0 Å². The van der Waals surface area contributed by atoms with Crippen LogP contribution in [0.3, 0.4) is 0 Å². The van der Waals surface area contributed by atoms with E-state index in [0.717, 1.165) is 14.7 Å². The first-order valence-corrected chi connectivity index (χ1v) is 28.1. The van der Waals surface area contributed by atoms with E-state index in [0.29, 0.717) is 5.92 Å². The molecule has 8 rings (SSSR count). The van der Waals surface area contributed by atoms with Crippen LogP contribution in [-0.4, -0.2) is 5.43 Å². The predicted octanol–water partition coefficient (Wildman–Crippen LogP) is 7.36. The van der Waals surface area contributed by atoms with Gasteiger partial charge in [-0.25, -0.2) is 0 Å². The Balaban J connectivity index is 0.00000216. The van der Waals surface area contributed by atoms with E-state index in [1.54, 1.807) is 31.3 Å². The molecule has 0 N–H and O–H groups in total. The summed E-state index contributed by atoms with van der Waals surface area (Å²) in [5, 5.41) is 0. The van der Waals surface area contributed by atoms with Gasteiger partial charge in [-0.3, -0.25) is 0 Å². The summed E-state index contributed by atoms with van der Waals surface area (Å²) in [5.74, 6) is 0.611. The smallest absolute Gasteiger partial charge is 1.00 e. The van der Waals surface area contributed by atoms with Crippen LogP contribution in [0.4, 0.5) is 0 Å². The third kappa shape index (κ3) is 4.50. The Morgan fingerprint density at radius 2 is 1.10 bits per heavy atom. The van der Waals surface area contributed by atoms with Gasteiger partial charge in [0.15, 0.2) is 0 Å². The van der Waals surface area contributed by atoms with Crippen molar-refractivity contribution in [1.29, 1.82) is 0 Å². The first kappa shape index (κ1) is 39.3. The van der Waals surface area contributed by atoms with Crippen LogP contribution < -0.4 is 24.8 Å². The molecule has 9 atom stereocenters. The van der Waals surface area contributed by atoms with Crippen molar-refractivity contribution in [2.24, 2.45) is 43.8 Å². The fourth-order valence-electron chi connectivity index (χ4n) is 15.0. The molecule has 0 saturated heterocycles. The molecule has 9 unspecified atom stereocenters. The molecule has 0 aliphatic heterocycles. The number of rotatable bonds is 4. The molecule has 0 heterocycles. The molecule has 270 valence electrons. The van der Waals surface area contributed by atoms with Crippen LogP contribution in [0.5, 0.6) is 0 Å². The van der Waals surface area contributed by atoms with Gasteiger partial charge in [-0.1, -0.05) is 0 Å². The Morgan fingerprint density at radius 1 is 0.600 bits per heavy atom. The summed E-state index contributed by atoms with van der Waals surface area (Å²) < 4.78 is 2.82. The maximum atomic E-state index is 2.94. The normalized spacial score (nSPS) is 45.6. The molecule has 4 fully saturated rings. The van der Waals surface area contributed by atoms with Gasteiger partial charge in [0.25, 0.3) is 0 Å². The molecule has 8 aliphatic carbocycles. The summed E-state index contributed by atoms with van der Waals surface area (Å²) in [6.07, 6.45) is 52.8. The van der Waals surface area contributed by atoms with Crippen LogP contribution in [0.25, 0.3) is 0 Å². The zero-order chi connectivity index (χ0) is 33.8. The van der Waals surface area contributed by atoms with E-state index in [4.69, 9.17) is 0 Å². The molecule has 0 spiro atoms. The number of hydrogen-bond acceptors (Lipinski definition) is 0. The largest absolute Gasteiger partial charge is 1.00 e. The van der Waals surface area contributed by atoms with Gasteiger partial charge < -0.3 is 24.8 Å². The predicted molar refractivity (Wildman–Crippen MR) is 205 cm³/mol. The van der Waals surface area contributed by atoms with Gasteiger partial charge in [0.1, 0.15) is 0 Å². The Hall–Kier alpha value is -0.400. The van der Waals surface area contributed by atoms with Gasteiger partial charge >= 0.3 is 304 Å². The number of halogens is 2. The number of hydrogen-bond donors (Lipinski definition) is 0. The molecule has 0 amide bonds. The fraction of sp³-hybridized carbons (Fsp3) is 0.652. The van der Waals surface area contributed by atoms with Crippen LogP contribution in [0.1, 0.15) is 126 Å². The van der Waals surface area contributed by atoms with Crippen molar-refractivity contribution in [1.82, 2.24) is 0 Å². The van der Waals surface area contributed by atoms with Gasteiger partial charge in [-0.2, -0.15) is 0 Å². The van der Waals surface area contributed by atoms with Crippen molar-refractivity contribution < 1.29 is 45.2 Å². The van der Waals surface area contributed by atoms with Crippen molar-refractivity contribution in [3.8, 4) is 0 Å². The quantitative estimate of drug-likeness (QED) is 0.261. The second kappa shape index (κ2) is 13.4. The minimum Gasteiger partial charge on any atom is -1.00 e. The Kier molecular flexibility index (Phi) is 10.5. The minimum atomic E-state index is -2.41. The standard InChI is InChI=1S/C29H37.C12H22Si.C5H5.2ClH.Zr/c1-21-14-13-15-22-20-27(6)25(4)18-10-9-16-23(25,2)24(3)17-11-12-19-26(24,5)29(27,8)28(21,22)7;1-3-7-11(8-4-1)13-12-9-5-2-6-10-12;1-2-4-5-3-1;;;/h9-20,22H,1-8H3;11-12H,1-10H2;1-3H,4H2;2*1H;/q;;;;;+2/p-2. The molecule has 0 aromatic heterocycles. The Labute approximate surface area is 326 Å². The fourth-order valence-corrected chi connectivity index (χ4v) is 46.7. The molecule has 0 aromatic carbocycles. The zero-order valence-corrected chi connectivity index (χ0v) is 37.4. The molecule has 0 bridgehead atoms. The second-order valence-corrected chi connectivity index (χ2v) is 34.0. The number of allylic oxidation sites excluding steroid dienone is 16. The van der Waals surface area contributed by atoms with Crippen LogP contribution in [0, 0.1) is 43.8 Å². The van der Waals surface area contributed by atoms with E-state index in [9.17, 15) is 0 Å². The SMILES string of the molecule is CC1=CC=CC2[CH]([Zr+2]([C]3=CC=CC3)=[Si](C3CCCCC3)C3CCCCC3)C3(C)C4(C)C=CC=CC4(C)C4(C)C=CC=CC4(C)C3(C)C12C.[Cl-].[Cl-]. The first-order valence-electron chi connectivity index (χ1n) is 20.1. The summed E-state index contributed by atoms with van der Waals surface area (Å²) in [5.41, 5.74) is 3.50. The molecular weight excluding hydrogens is 743 g/mol. The molecule has 50 heavy (non-hydrogen) atoms. The zero-order valence-electron chi connectivity index (χ0n) is 32.4. The van der Waals surface area contributed by atoms with E-state index in [2.05, 4.69) is 140 Å². The number of fused-ring (bicyclic) bond motifs is 8. The monoisotopic (exact) mass is 804 g/mol. The van der Waals surface area contributed by atoms with Crippen molar-refractivity contribution in [3.05, 3.63) is 93.9 Å².